The third-order valence-electron chi connectivity index (χ3n) is 3.53. The summed E-state index contributed by atoms with van der Waals surface area (Å²) in [4.78, 5) is 0. The van der Waals surface area contributed by atoms with Crippen LogP contribution in [0.25, 0.3) is 0 Å². The second-order valence-electron chi connectivity index (χ2n) is 4.62. The lowest BCUT2D eigenvalue weighted by atomic mass is 9.78. The molecule has 0 aliphatic heterocycles. The third-order valence-corrected chi connectivity index (χ3v) is 3.53. The molecule has 0 saturated heterocycles. The van der Waals surface area contributed by atoms with Gasteiger partial charge in [-0.25, -0.2) is 0 Å². The second kappa shape index (κ2) is 5.69. The van der Waals surface area contributed by atoms with E-state index in [-0.39, 0.29) is 6.61 Å². The first-order valence-corrected chi connectivity index (χ1v) is 5.67. The van der Waals surface area contributed by atoms with E-state index in [9.17, 15) is 5.11 Å². The van der Waals surface area contributed by atoms with E-state index >= 15 is 0 Å². The van der Waals surface area contributed by atoms with Crippen LogP contribution >= 0.6 is 0 Å². The van der Waals surface area contributed by atoms with Crippen LogP contribution in [0.3, 0.4) is 0 Å². The fourth-order valence-corrected chi connectivity index (χ4v) is 2.22. The van der Waals surface area contributed by atoms with Gasteiger partial charge in [-0.1, -0.05) is 26.7 Å². The average molecular weight is 201 g/mol. The number of aliphatic hydroxyl groups is 2. The van der Waals surface area contributed by atoms with Crippen molar-refractivity contribution in [3.05, 3.63) is 0 Å². The van der Waals surface area contributed by atoms with Gasteiger partial charge in [0.05, 0.1) is 12.7 Å². The molecule has 1 aliphatic carbocycles. The van der Waals surface area contributed by atoms with Gasteiger partial charge in [0.15, 0.2) is 0 Å². The number of hydrogen-bond donors (Lipinski definition) is 3. The van der Waals surface area contributed by atoms with E-state index in [4.69, 9.17) is 5.11 Å². The Labute approximate surface area is 86.5 Å². The first kappa shape index (κ1) is 12.0. The summed E-state index contributed by atoms with van der Waals surface area (Å²) in [7, 11) is 0. The monoisotopic (exact) mass is 201 g/mol. The first-order valence-electron chi connectivity index (χ1n) is 5.67. The summed E-state index contributed by atoms with van der Waals surface area (Å²) >= 11 is 0. The molecular formula is C11H23NO2. The Kier molecular flexibility index (Phi) is 4.85. The Morgan fingerprint density at radius 3 is 2.71 bits per heavy atom. The molecule has 3 N–H and O–H groups in total. The molecule has 1 aliphatic rings. The van der Waals surface area contributed by atoms with Crippen LogP contribution < -0.4 is 5.32 Å². The molecule has 1 saturated carbocycles. The molecule has 3 heteroatoms. The maximum atomic E-state index is 9.23. The van der Waals surface area contributed by atoms with Crippen molar-refractivity contribution in [3.8, 4) is 0 Å². The van der Waals surface area contributed by atoms with E-state index in [2.05, 4.69) is 19.2 Å². The Bertz CT molecular complexity index is 163. The highest BCUT2D eigenvalue weighted by Gasteiger charge is 2.26. The zero-order valence-corrected chi connectivity index (χ0v) is 9.24. The van der Waals surface area contributed by atoms with E-state index in [1.54, 1.807) is 0 Å². The molecule has 0 radical (unpaired) electrons. The SMILES string of the molecule is CC1CCCC(NCC(O)CO)C1C. The van der Waals surface area contributed by atoms with Crippen LogP contribution in [0.5, 0.6) is 0 Å². The molecular weight excluding hydrogens is 178 g/mol. The van der Waals surface area contributed by atoms with Gasteiger partial charge in [0.25, 0.3) is 0 Å². The molecule has 0 bridgehead atoms. The van der Waals surface area contributed by atoms with Crippen molar-refractivity contribution in [1.29, 1.82) is 0 Å². The third kappa shape index (κ3) is 3.23. The van der Waals surface area contributed by atoms with E-state index in [1.807, 2.05) is 0 Å². The Hall–Kier alpha value is -0.120. The minimum absolute atomic E-state index is 0.149. The lowest BCUT2D eigenvalue weighted by molar-refractivity contribution is 0.0844. The standard InChI is InChI=1S/C11H23NO2/c1-8-4-3-5-11(9(8)2)12-6-10(14)7-13/h8-14H,3-7H2,1-2H3. The minimum Gasteiger partial charge on any atom is -0.394 e. The summed E-state index contributed by atoms with van der Waals surface area (Å²) in [5.74, 6) is 1.45. The highest BCUT2D eigenvalue weighted by Crippen LogP contribution is 2.29. The minimum atomic E-state index is -0.612. The summed E-state index contributed by atoms with van der Waals surface area (Å²) in [5, 5.41) is 21.3. The van der Waals surface area contributed by atoms with E-state index in [0.717, 1.165) is 5.92 Å². The molecule has 1 rings (SSSR count). The summed E-state index contributed by atoms with van der Waals surface area (Å²) in [5.41, 5.74) is 0. The quantitative estimate of drug-likeness (QED) is 0.629. The maximum Gasteiger partial charge on any atom is 0.0895 e. The van der Waals surface area contributed by atoms with Crippen LogP contribution in [-0.2, 0) is 0 Å². The topological polar surface area (TPSA) is 52.5 Å². The largest absolute Gasteiger partial charge is 0.394 e. The Morgan fingerprint density at radius 2 is 2.07 bits per heavy atom. The molecule has 0 spiro atoms. The lowest BCUT2D eigenvalue weighted by Crippen LogP contribution is -2.44. The molecule has 0 amide bonds. The van der Waals surface area contributed by atoms with Gasteiger partial charge in [-0.2, -0.15) is 0 Å². The van der Waals surface area contributed by atoms with Gasteiger partial charge >= 0.3 is 0 Å². The van der Waals surface area contributed by atoms with Crippen LogP contribution in [0, 0.1) is 11.8 Å². The summed E-state index contributed by atoms with van der Waals surface area (Å²) in [6.07, 6.45) is 3.18. The fourth-order valence-electron chi connectivity index (χ4n) is 2.22. The molecule has 14 heavy (non-hydrogen) atoms. The van der Waals surface area contributed by atoms with E-state index in [0.29, 0.717) is 18.5 Å². The van der Waals surface area contributed by atoms with Crippen molar-refractivity contribution in [3.63, 3.8) is 0 Å². The summed E-state index contributed by atoms with van der Waals surface area (Å²) in [6, 6.07) is 0.514. The molecule has 4 unspecified atom stereocenters. The zero-order chi connectivity index (χ0) is 10.6. The van der Waals surface area contributed by atoms with Gasteiger partial charge in [0, 0.05) is 12.6 Å². The lowest BCUT2D eigenvalue weighted by Gasteiger charge is -2.35. The van der Waals surface area contributed by atoms with Crippen molar-refractivity contribution in [1.82, 2.24) is 5.32 Å². The highest BCUT2D eigenvalue weighted by atomic mass is 16.3. The van der Waals surface area contributed by atoms with E-state index < -0.39 is 6.10 Å². The predicted molar refractivity (Wildman–Crippen MR) is 57.1 cm³/mol. The molecule has 3 nitrogen and oxygen atoms in total. The van der Waals surface area contributed by atoms with Crippen LogP contribution in [-0.4, -0.2) is 35.5 Å². The van der Waals surface area contributed by atoms with Gasteiger partial charge in [-0.05, 0) is 18.3 Å². The number of hydrogen-bond acceptors (Lipinski definition) is 3. The Balaban J connectivity index is 2.28. The molecule has 4 atom stereocenters. The fraction of sp³-hybridized carbons (Fsp3) is 1.00. The zero-order valence-electron chi connectivity index (χ0n) is 9.24. The van der Waals surface area contributed by atoms with Crippen LogP contribution in [0.4, 0.5) is 0 Å². The van der Waals surface area contributed by atoms with Crippen molar-refractivity contribution in [2.75, 3.05) is 13.2 Å². The normalized spacial score (nSPS) is 35.6. The van der Waals surface area contributed by atoms with Gasteiger partial charge in [0.2, 0.25) is 0 Å². The van der Waals surface area contributed by atoms with Crippen LogP contribution in [0.15, 0.2) is 0 Å². The van der Waals surface area contributed by atoms with Crippen molar-refractivity contribution in [2.45, 2.75) is 45.3 Å². The average Bonchev–Trinajstić information content (AvgIpc) is 2.20. The molecule has 0 aromatic heterocycles. The van der Waals surface area contributed by atoms with Crippen molar-refractivity contribution in [2.24, 2.45) is 11.8 Å². The van der Waals surface area contributed by atoms with Gasteiger partial charge in [-0.15, -0.1) is 0 Å². The molecule has 0 heterocycles. The van der Waals surface area contributed by atoms with Crippen molar-refractivity contribution < 1.29 is 10.2 Å². The van der Waals surface area contributed by atoms with Gasteiger partial charge < -0.3 is 15.5 Å². The number of nitrogens with one attached hydrogen (secondary N) is 1. The first-order chi connectivity index (χ1) is 6.65. The van der Waals surface area contributed by atoms with Gasteiger partial charge in [0.1, 0.15) is 0 Å². The highest BCUT2D eigenvalue weighted by molar-refractivity contribution is 4.82. The van der Waals surface area contributed by atoms with Crippen LogP contribution in [0.1, 0.15) is 33.1 Å². The Morgan fingerprint density at radius 1 is 1.36 bits per heavy atom. The van der Waals surface area contributed by atoms with Crippen LogP contribution in [0.2, 0.25) is 0 Å². The summed E-state index contributed by atoms with van der Waals surface area (Å²) in [6.45, 7) is 4.93. The van der Waals surface area contributed by atoms with Crippen molar-refractivity contribution >= 4 is 0 Å². The van der Waals surface area contributed by atoms with Gasteiger partial charge in [-0.3, -0.25) is 0 Å². The predicted octanol–water partition coefficient (Wildman–Crippen LogP) is 0.754. The summed E-state index contributed by atoms with van der Waals surface area (Å²) < 4.78 is 0. The molecule has 84 valence electrons. The van der Waals surface area contributed by atoms with E-state index in [1.165, 1.54) is 19.3 Å². The molecule has 0 aromatic carbocycles. The molecule has 1 fully saturated rings. The maximum absolute atomic E-state index is 9.23. The number of aliphatic hydroxyl groups excluding tert-OH is 2. The number of rotatable bonds is 4. The smallest absolute Gasteiger partial charge is 0.0895 e. The second-order valence-corrected chi connectivity index (χ2v) is 4.62. The molecule has 0 aromatic rings.